The molecule has 0 spiro atoms. The monoisotopic (exact) mass is 100 g/mol. The zero-order valence-corrected chi connectivity index (χ0v) is 3.71. The molecule has 0 radical (unpaired) electrons. The summed E-state index contributed by atoms with van der Waals surface area (Å²) in [5.74, 6) is 0. The summed E-state index contributed by atoms with van der Waals surface area (Å²) in [7, 11) is 0. The number of nitrogens with zero attached hydrogens (tertiary/aromatic N) is 2. The van der Waals surface area contributed by atoms with E-state index in [1.54, 1.807) is 0 Å². The SMILES string of the molecule is FN1C=CN=CC1. The van der Waals surface area contributed by atoms with Crippen LogP contribution < -0.4 is 0 Å². The van der Waals surface area contributed by atoms with Crippen molar-refractivity contribution in [1.82, 2.24) is 5.12 Å². The Morgan fingerprint density at radius 3 is 2.86 bits per heavy atom. The first-order valence-electron chi connectivity index (χ1n) is 2.00. The van der Waals surface area contributed by atoms with Crippen molar-refractivity contribution in [1.29, 1.82) is 0 Å². The predicted molar refractivity (Wildman–Crippen MR) is 25.4 cm³/mol. The van der Waals surface area contributed by atoms with Crippen LogP contribution in [-0.2, 0) is 0 Å². The van der Waals surface area contributed by atoms with Gasteiger partial charge in [-0.05, 0) is 0 Å². The van der Waals surface area contributed by atoms with Crippen LogP contribution in [0.15, 0.2) is 17.4 Å². The molecule has 1 aliphatic heterocycles. The van der Waals surface area contributed by atoms with Crippen LogP contribution in [0.4, 0.5) is 4.48 Å². The smallest absolute Gasteiger partial charge is 0.0852 e. The van der Waals surface area contributed by atoms with E-state index in [1.807, 2.05) is 0 Å². The third-order valence-electron chi connectivity index (χ3n) is 0.676. The highest BCUT2D eigenvalue weighted by atomic mass is 19.2. The van der Waals surface area contributed by atoms with Crippen molar-refractivity contribution in [3.63, 3.8) is 0 Å². The molecule has 3 heteroatoms. The lowest BCUT2D eigenvalue weighted by Crippen LogP contribution is -2.09. The van der Waals surface area contributed by atoms with Crippen molar-refractivity contribution in [2.45, 2.75) is 0 Å². The molecule has 0 bridgehead atoms. The highest BCUT2D eigenvalue weighted by Crippen LogP contribution is 1.92. The molecule has 1 rings (SSSR count). The lowest BCUT2D eigenvalue weighted by atomic mass is 10.6. The quantitative estimate of drug-likeness (QED) is 0.410. The second-order valence-corrected chi connectivity index (χ2v) is 1.21. The van der Waals surface area contributed by atoms with E-state index in [4.69, 9.17) is 0 Å². The Labute approximate surface area is 40.9 Å². The molecule has 7 heavy (non-hydrogen) atoms. The molecule has 0 saturated carbocycles. The zero-order valence-electron chi connectivity index (χ0n) is 3.71. The van der Waals surface area contributed by atoms with E-state index in [0.29, 0.717) is 5.12 Å². The maximum atomic E-state index is 11.8. The minimum Gasteiger partial charge on any atom is -0.265 e. The largest absolute Gasteiger partial charge is 0.265 e. The molecule has 0 aliphatic carbocycles. The fraction of sp³-hybridized carbons (Fsp3) is 0.250. The van der Waals surface area contributed by atoms with Gasteiger partial charge in [0.15, 0.2) is 0 Å². The molecule has 1 heterocycles. The van der Waals surface area contributed by atoms with Crippen molar-refractivity contribution >= 4 is 6.21 Å². The van der Waals surface area contributed by atoms with Gasteiger partial charge in [-0.25, -0.2) is 5.12 Å². The molecule has 0 aromatic heterocycles. The molecule has 0 N–H and O–H groups in total. The van der Waals surface area contributed by atoms with Crippen LogP contribution in [0.3, 0.4) is 0 Å². The van der Waals surface area contributed by atoms with E-state index in [-0.39, 0.29) is 6.54 Å². The number of aliphatic imine (C=N–C) groups is 1. The summed E-state index contributed by atoms with van der Waals surface area (Å²) in [6.07, 6.45) is 4.18. The normalized spacial score (nSPS) is 18.1. The summed E-state index contributed by atoms with van der Waals surface area (Å²) in [5.41, 5.74) is 0. The van der Waals surface area contributed by atoms with Gasteiger partial charge >= 0.3 is 0 Å². The van der Waals surface area contributed by atoms with E-state index in [2.05, 4.69) is 4.99 Å². The van der Waals surface area contributed by atoms with Crippen molar-refractivity contribution in [2.24, 2.45) is 4.99 Å². The molecule has 0 atom stereocenters. The van der Waals surface area contributed by atoms with Crippen LogP contribution in [0.1, 0.15) is 0 Å². The van der Waals surface area contributed by atoms with Crippen LogP contribution >= 0.6 is 0 Å². The summed E-state index contributed by atoms with van der Waals surface area (Å²) in [6, 6.07) is 0. The Morgan fingerprint density at radius 2 is 2.57 bits per heavy atom. The third kappa shape index (κ3) is 0.994. The van der Waals surface area contributed by atoms with Crippen molar-refractivity contribution < 1.29 is 4.48 Å². The molecule has 0 fully saturated rings. The maximum absolute atomic E-state index is 11.8. The van der Waals surface area contributed by atoms with Gasteiger partial charge in [0.05, 0.1) is 12.7 Å². The number of hydrogen-bond acceptors (Lipinski definition) is 2. The average molecular weight is 100 g/mol. The molecular weight excluding hydrogens is 95.1 g/mol. The van der Waals surface area contributed by atoms with Gasteiger partial charge in [-0.3, -0.25) is 4.99 Å². The first-order chi connectivity index (χ1) is 3.39. The standard InChI is InChI=1S/C4H5FN2/c5-7-3-1-6-2-4-7/h1-3H,4H2. The topological polar surface area (TPSA) is 15.6 Å². The first kappa shape index (κ1) is 4.30. The van der Waals surface area contributed by atoms with E-state index in [0.717, 1.165) is 0 Å². The average Bonchev–Trinajstić information content (AvgIpc) is 1.69. The maximum Gasteiger partial charge on any atom is 0.0852 e. The predicted octanol–water partition coefficient (Wildman–Crippen LogP) is 0.729. The van der Waals surface area contributed by atoms with E-state index >= 15 is 0 Å². The Kier molecular flexibility index (Phi) is 1.06. The van der Waals surface area contributed by atoms with Gasteiger partial charge in [0, 0.05) is 12.4 Å². The molecule has 0 amide bonds. The Hall–Kier alpha value is -0.860. The molecule has 0 aromatic rings. The Morgan fingerprint density at radius 1 is 1.71 bits per heavy atom. The van der Waals surface area contributed by atoms with Crippen LogP contribution in [-0.4, -0.2) is 17.9 Å². The van der Waals surface area contributed by atoms with E-state index in [9.17, 15) is 4.48 Å². The summed E-state index contributed by atoms with van der Waals surface area (Å²) in [4.78, 5) is 3.64. The first-order valence-corrected chi connectivity index (χ1v) is 2.00. The Balaban J connectivity index is 2.49. The molecule has 1 aliphatic rings. The minimum atomic E-state index is 0.274. The van der Waals surface area contributed by atoms with E-state index in [1.165, 1.54) is 18.6 Å². The second kappa shape index (κ2) is 1.73. The van der Waals surface area contributed by atoms with Gasteiger partial charge < -0.3 is 0 Å². The molecule has 0 unspecified atom stereocenters. The summed E-state index contributed by atoms with van der Waals surface area (Å²) in [5, 5.41) is 0.562. The van der Waals surface area contributed by atoms with Gasteiger partial charge in [-0.2, -0.15) is 0 Å². The van der Waals surface area contributed by atoms with Gasteiger partial charge in [-0.1, -0.05) is 0 Å². The van der Waals surface area contributed by atoms with Gasteiger partial charge in [-0.15, -0.1) is 4.48 Å². The molecule has 0 saturated heterocycles. The second-order valence-electron chi connectivity index (χ2n) is 1.21. The van der Waals surface area contributed by atoms with Crippen molar-refractivity contribution in [3.8, 4) is 0 Å². The van der Waals surface area contributed by atoms with E-state index < -0.39 is 0 Å². The van der Waals surface area contributed by atoms with Gasteiger partial charge in [0.2, 0.25) is 0 Å². The molecule has 38 valence electrons. The van der Waals surface area contributed by atoms with Gasteiger partial charge in [0.1, 0.15) is 0 Å². The highest BCUT2D eigenvalue weighted by Gasteiger charge is 1.92. The summed E-state index contributed by atoms with van der Waals surface area (Å²) in [6.45, 7) is 0.274. The molecule has 0 aromatic carbocycles. The zero-order chi connectivity index (χ0) is 5.11. The van der Waals surface area contributed by atoms with Crippen molar-refractivity contribution in [3.05, 3.63) is 12.4 Å². The highest BCUT2D eigenvalue weighted by molar-refractivity contribution is 5.61. The lowest BCUT2D eigenvalue weighted by molar-refractivity contribution is 0.112. The number of hydrogen-bond donors (Lipinski definition) is 0. The molecule has 2 nitrogen and oxygen atoms in total. The lowest BCUT2D eigenvalue weighted by Gasteiger charge is -2.04. The minimum absolute atomic E-state index is 0.274. The fourth-order valence-corrected chi connectivity index (χ4v) is 0.358. The molecular formula is C4H5FN2. The van der Waals surface area contributed by atoms with Crippen LogP contribution in [0.5, 0.6) is 0 Å². The fourth-order valence-electron chi connectivity index (χ4n) is 0.358. The third-order valence-corrected chi connectivity index (χ3v) is 0.676. The number of rotatable bonds is 0. The van der Waals surface area contributed by atoms with Crippen LogP contribution in [0.2, 0.25) is 0 Å². The van der Waals surface area contributed by atoms with Crippen molar-refractivity contribution in [2.75, 3.05) is 6.54 Å². The Bertz CT molecular complexity index is 108. The van der Waals surface area contributed by atoms with Crippen LogP contribution in [0, 0.1) is 0 Å². The summed E-state index contributed by atoms with van der Waals surface area (Å²) >= 11 is 0. The summed E-state index contributed by atoms with van der Waals surface area (Å²) < 4.78 is 11.8. The van der Waals surface area contributed by atoms with Gasteiger partial charge in [0.25, 0.3) is 0 Å². The van der Waals surface area contributed by atoms with Crippen LogP contribution in [0.25, 0.3) is 0 Å². The number of halogens is 1.